The second-order valence-corrected chi connectivity index (χ2v) is 4.27. The Balaban J connectivity index is 2.05. The fourth-order valence-corrected chi connectivity index (χ4v) is 1.96. The molecule has 1 aliphatic heterocycles. The number of carbonyl (C=O) groups is 1. The predicted molar refractivity (Wildman–Crippen MR) is 71.1 cm³/mol. The molecule has 1 aliphatic rings. The van der Waals surface area contributed by atoms with Crippen LogP contribution in [0.4, 0.5) is 0 Å². The smallest absolute Gasteiger partial charge is 0.275 e. The lowest BCUT2D eigenvalue weighted by atomic mass is 10.2. The lowest BCUT2D eigenvalue weighted by molar-refractivity contribution is 0.0962. The van der Waals surface area contributed by atoms with Crippen LogP contribution in [-0.4, -0.2) is 15.5 Å². The van der Waals surface area contributed by atoms with Crippen molar-refractivity contribution in [1.82, 2.24) is 14.9 Å². The zero-order valence-electron chi connectivity index (χ0n) is 10.4. The van der Waals surface area contributed by atoms with Crippen molar-refractivity contribution >= 4 is 5.91 Å². The fourth-order valence-electron chi connectivity index (χ4n) is 1.96. The molecule has 0 saturated heterocycles. The van der Waals surface area contributed by atoms with Crippen LogP contribution in [0.2, 0.25) is 0 Å². The van der Waals surface area contributed by atoms with Crippen LogP contribution < -0.4 is 5.32 Å². The highest BCUT2D eigenvalue weighted by Crippen LogP contribution is 2.14. The van der Waals surface area contributed by atoms with Crippen LogP contribution in [0.25, 0.3) is 0 Å². The van der Waals surface area contributed by atoms with E-state index < -0.39 is 0 Å². The Labute approximate surface area is 107 Å². The number of aryl methyl sites for hydroxylation is 2. The summed E-state index contributed by atoms with van der Waals surface area (Å²) in [6.07, 6.45) is 10.1. The van der Waals surface area contributed by atoms with Gasteiger partial charge in [0.1, 0.15) is 11.5 Å². The number of aromatic nitrogens is 2. The molecule has 1 N–H and O–H groups in total. The van der Waals surface area contributed by atoms with Crippen LogP contribution in [0.3, 0.4) is 0 Å². The molecule has 0 bridgehead atoms. The third-order valence-corrected chi connectivity index (χ3v) is 2.85. The second kappa shape index (κ2) is 5.49. The van der Waals surface area contributed by atoms with Crippen LogP contribution in [-0.2, 0) is 13.0 Å². The Bertz CT molecular complexity index is 488. The maximum atomic E-state index is 11.9. The molecule has 1 aromatic heterocycles. The van der Waals surface area contributed by atoms with Crippen molar-refractivity contribution in [3.8, 4) is 0 Å². The van der Waals surface area contributed by atoms with Crippen molar-refractivity contribution in [2.75, 3.05) is 0 Å². The van der Waals surface area contributed by atoms with Crippen LogP contribution in [0, 0.1) is 0 Å². The Morgan fingerprint density at radius 3 is 3.06 bits per heavy atom. The topological polar surface area (TPSA) is 46.9 Å². The van der Waals surface area contributed by atoms with Crippen molar-refractivity contribution in [3.63, 3.8) is 0 Å². The molecule has 1 amide bonds. The fraction of sp³-hybridized carbons (Fsp3) is 0.286. The van der Waals surface area contributed by atoms with Gasteiger partial charge < -0.3 is 9.88 Å². The quantitative estimate of drug-likeness (QED) is 0.824. The number of hydrogen-bond acceptors (Lipinski definition) is 2. The minimum atomic E-state index is -0.212. The van der Waals surface area contributed by atoms with Crippen LogP contribution in [0.5, 0.6) is 0 Å². The standard InChI is InChI=1S/C14H17N3O/c1-3-4-7-11(2)15-14(18)12-10-17-9-6-5-8-13(17)16-12/h3-4,7,10H,1-2,5-6,8-9H2,(H,15,18)/b7-4-. The van der Waals surface area contributed by atoms with Crippen molar-refractivity contribution < 1.29 is 4.79 Å². The van der Waals surface area contributed by atoms with Gasteiger partial charge in [0.25, 0.3) is 5.91 Å². The van der Waals surface area contributed by atoms with Gasteiger partial charge in [0.15, 0.2) is 0 Å². The van der Waals surface area contributed by atoms with E-state index in [-0.39, 0.29) is 5.91 Å². The van der Waals surface area contributed by atoms with Gasteiger partial charge in [-0.1, -0.05) is 25.3 Å². The molecule has 0 radical (unpaired) electrons. The third-order valence-electron chi connectivity index (χ3n) is 2.85. The molecule has 0 aliphatic carbocycles. The minimum absolute atomic E-state index is 0.212. The summed E-state index contributed by atoms with van der Waals surface area (Å²) in [6, 6.07) is 0. The van der Waals surface area contributed by atoms with E-state index >= 15 is 0 Å². The lowest BCUT2D eigenvalue weighted by Crippen LogP contribution is -2.21. The Morgan fingerprint density at radius 1 is 1.50 bits per heavy atom. The highest BCUT2D eigenvalue weighted by atomic mass is 16.1. The summed E-state index contributed by atoms with van der Waals surface area (Å²) in [4.78, 5) is 16.3. The lowest BCUT2D eigenvalue weighted by Gasteiger charge is -2.11. The van der Waals surface area contributed by atoms with Crippen molar-refractivity contribution in [3.05, 3.63) is 54.8 Å². The number of nitrogens with one attached hydrogen (secondary N) is 1. The monoisotopic (exact) mass is 243 g/mol. The zero-order chi connectivity index (χ0) is 13.0. The van der Waals surface area contributed by atoms with Gasteiger partial charge in [-0.15, -0.1) is 0 Å². The van der Waals surface area contributed by atoms with Gasteiger partial charge in [0.05, 0.1) is 0 Å². The number of nitrogens with zero attached hydrogens (tertiary/aromatic N) is 2. The zero-order valence-corrected chi connectivity index (χ0v) is 10.4. The molecular weight excluding hydrogens is 226 g/mol. The maximum Gasteiger partial charge on any atom is 0.275 e. The van der Waals surface area contributed by atoms with Gasteiger partial charge in [-0.25, -0.2) is 4.98 Å². The van der Waals surface area contributed by atoms with Gasteiger partial charge in [-0.2, -0.15) is 0 Å². The molecule has 0 aromatic carbocycles. The number of fused-ring (bicyclic) bond motifs is 1. The summed E-state index contributed by atoms with van der Waals surface area (Å²) < 4.78 is 2.06. The molecule has 0 atom stereocenters. The molecule has 0 fully saturated rings. The summed E-state index contributed by atoms with van der Waals surface area (Å²) in [5.74, 6) is 0.786. The van der Waals surface area contributed by atoms with E-state index in [9.17, 15) is 4.79 Å². The van der Waals surface area contributed by atoms with Crippen LogP contribution in [0.15, 0.2) is 43.3 Å². The van der Waals surface area contributed by atoms with Gasteiger partial charge in [-0.05, 0) is 18.9 Å². The second-order valence-electron chi connectivity index (χ2n) is 4.27. The van der Waals surface area contributed by atoms with Crippen LogP contribution >= 0.6 is 0 Å². The first-order chi connectivity index (χ1) is 8.70. The summed E-state index contributed by atoms with van der Waals surface area (Å²) in [5, 5.41) is 2.70. The number of rotatable bonds is 4. The van der Waals surface area contributed by atoms with E-state index in [2.05, 4.69) is 28.0 Å². The maximum absolute atomic E-state index is 11.9. The average Bonchev–Trinajstić information content (AvgIpc) is 2.80. The summed E-state index contributed by atoms with van der Waals surface area (Å²) in [5.41, 5.74) is 0.992. The molecule has 0 unspecified atom stereocenters. The number of carbonyl (C=O) groups excluding carboxylic acids is 1. The molecule has 0 saturated carbocycles. The molecule has 0 spiro atoms. The van der Waals surface area contributed by atoms with E-state index in [0.29, 0.717) is 11.4 Å². The summed E-state index contributed by atoms with van der Waals surface area (Å²) in [6.45, 7) is 8.25. The number of amides is 1. The molecule has 2 heterocycles. The van der Waals surface area contributed by atoms with Crippen molar-refractivity contribution in [1.29, 1.82) is 0 Å². The number of hydrogen-bond donors (Lipinski definition) is 1. The molecule has 4 heteroatoms. The molecule has 2 rings (SSSR count). The largest absolute Gasteiger partial charge is 0.334 e. The first-order valence-corrected chi connectivity index (χ1v) is 6.06. The van der Waals surface area contributed by atoms with E-state index in [0.717, 1.165) is 31.6 Å². The number of imidazole rings is 1. The van der Waals surface area contributed by atoms with E-state index in [1.807, 2.05) is 6.20 Å². The number of allylic oxidation sites excluding steroid dienone is 3. The van der Waals surface area contributed by atoms with Crippen molar-refractivity contribution in [2.24, 2.45) is 0 Å². The third kappa shape index (κ3) is 2.77. The molecule has 18 heavy (non-hydrogen) atoms. The normalized spacial score (nSPS) is 14.2. The van der Waals surface area contributed by atoms with Gasteiger partial charge >= 0.3 is 0 Å². The molecule has 94 valence electrons. The molecule has 4 nitrogen and oxygen atoms in total. The predicted octanol–water partition coefficient (Wildman–Crippen LogP) is 2.21. The van der Waals surface area contributed by atoms with Gasteiger partial charge in [0, 0.05) is 24.9 Å². The Hall–Kier alpha value is -2.10. The van der Waals surface area contributed by atoms with E-state index in [4.69, 9.17) is 0 Å². The summed E-state index contributed by atoms with van der Waals surface area (Å²) >= 11 is 0. The Kier molecular flexibility index (Phi) is 3.77. The SMILES string of the molecule is C=C/C=C\C(=C)NC(=O)c1cn2c(n1)CCCC2. The van der Waals surface area contributed by atoms with Gasteiger partial charge in [0.2, 0.25) is 0 Å². The molecule has 1 aromatic rings. The highest BCUT2D eigenvalue weighted by molar-refractivity contribution is 5.93. The summed E-state index contributed by atoms with van der Waals surface area (Å²) in [7, 11) is 0. The van der Waals surface area contributed by atoms with E-state index in [1.54, 1.807) is 18.2 Å². The average molecular weight is 243 g/mol. The highest BCUT2D eigenvalue weighted by Gasteiger charge is 2.16. The minimum Gasteiger partial charge on any atom is -0.334 e. The Morgan fingerprint density at radius 2 is 2.33 bits per heavy atom. The van der Waals surface area contributed by atoms with Crippen LogP contribution in [0.1, 0.15) is 29.2 Å². The van der Waals surface area contributed by atoms with Crippen molar-refractivity contribution in [2.45, 2.75) is 25.8 Å². The first-order valence-electron chi connectivity index (χ1n) is 6.06. The first kappa shape index (κ1) is 12.4. The van der Waals surface area contributed by atoms with E-state index in [1.165, 1.54) is 0 Å². The van der Waals surface area contributed by atoms with Gasteiger partial charge in [-0.3, -0.25) is 4.79 Å². The molecular formula is C14H17N3O.